The molecular formula is C20H27F3N4OS. The molecule has 0 aliphatic rings. The first kappa shape index (κ1) is 23.2. The molecule has 0 aliphatic carbocycles. The van der Waals surface area contributed by atoms with Gasteiger partial charge in [0, 0.05) is 38.0 Å². The molecule has 1 aromatic carbocycles. The minimum Gasteiger partial charge on any atom is -0.381 e. The van der Waals surface area contributed by atoms with Crippen LogP contribution in [0.25, 0.3) is 0 Å². The topological polar surface area (TPSA) is 58.5 Å². The standard InChI is InChI=1S/C20H27F3N4OS/c1-2-24-19(26-12-9-18-27-17(15-29-18)20(21,22)23)25-11-6-13-28-14-10-16-7-4-3-5-8-16/h3-5,7-8,15H,2,6,9-14H2,1H3,(H2,24,25,26). The molecular weight excluding hydrogens is 401 g/mol. The van der Waals surface area contributed by atoms with E-state index in [1.807, 2.05) is 25.1 Å². The Labute approximate surface area is 173 Å². The summed E-state index contributed by atoms with van der Waals surface area (Å²) in [4.78, 5) is 8.09. The van der Waals surface area contributed by atoms with E-state index in [4.69, 9.17) is 4.74 Å². The first-order valence-corrected chi connectivity index (χ1v) is 10.5. The molecule has 1 heterocycles. The van der Waals surface area contributed by atoms with E-state index in [1.165, 1.54) is 5.56 Å². The molecule has 0 unspecified atom stereocenters. The van der Waals surface area contributed by atoms with E-state index < -0.39 is 11.9 Å². The lowest BCUT2D eigenvalue weighted by Crippen LogP contribution is -2.38. The average molecular weight is 429 g/mol. The van der Waals surface area contributed by atoms with Gasteiger partial charge < -0.3 is 15.4 Å². The number of halogens is 3. The van der Waals surface area contributed by atoms with Crippen LogP contribution >= 0.6 is 11.3 Å². The molecule has 0 bridgehead atoms. The second-order valence-electron chi connectivity index (χ2n) is 6.26. The number of nitrogens with zero attached hydrogens (tertiary/aromatic N) is 2. The SMILES string of the molecule is CCNC(=NCCCOCCc1ccccc1)NCCc1nc(C(F)(F)F)cs1. The maximum Gasteiger partial charge on any atom is 0.434 e. The van der Waals surface area contributed by atoms with Crippen molar-refractivity contribution < 1.29 is 17.9 Å². The number of aromatic nitrogens is 1. The van der Waals surface area contributed by atoms with Gasteiger partial charge in [-0.05, 0) is 25.3 Å². The smallest absolute Gasteiger partial charge is 0.381 e. The van der Waals surface area contributed by atoms with Crippen LogP contribution in [0.2, 0.25) is 0 Å². The number of rotatable bonds is 11. The van der Waals surface area contributed by atoms with Crippen LogP contribution in [0.15, 0.2) is 40.7 Å². The molecule has 0 saturated heterocycles. The number of thiazole rings is 1. The molecule has 2 aromatic rings. The first-order valence-electron chi connectivity index (χ1n) is 9.64. The summed E-state index contributed by atoms with van der Waals surface area (Å²) in [5, 5.41) is 7.75. The highest BCUT2D eigenvalue weighted by molar-refractivity contribution is 7.09. The molecule has 2 N–H and O–H groups in total. The molecule has 0 atom stereocenters. The molecule has 29 heavy (non-hydrogen) atoms. The summed E-state index contributed by atoms with van der Waals surface area (Å²) in [5.41, 5.74) is 0.428. The van der Waals surface area contributed by atoms with Crippen molar-refractivity contribution in [2.45, 2.75) is 32.4 Å². The van der Waals surface area contributed by atoms with Crippen LogP contribution in [0.3, 0.4) is 0 Å². The van der Waals surface area contributed by atoms with Crippen LogP contribution in [0.1, 0.15) is 29.6 Å². The molecule has 0 amide bonds. The summed E-state index contributed by atoms with van der Waals surface area (Å²) < 4.78 is 43.4. The van der Waals surface area contributed by atoms with Crippen molar-refractivity contribution in [2.75, 3.05) is 32.8 Å². The van der Waals surface area contributed by atoms with Crippen LogP contribution < -0.4 is 10.6 Å². The fourth-order valence-corrected chi connectivity index (χ4v) is 3.28. The maximum absolute atomic E-state index is 12.6. The molecule has 5 nitrogen and oxygen atoms in total. The number of ether oxygens (including phenoxy) is 1. The lowest BCUT2D eigenvalue weighted by molar-refractivity contribution is -0.140. The van der Waals surface area contributed by atoms with Crippen LogP contribution in [0.5, 0.6) is 0 Å². The van der Waals surface area contributed by atoms with Crippen molar-refractivity contribution in [1.29, 1.82) is 0 Å². The number of hydrogen-bond acceptors (Lipinski definition) is 4. The first-order chi connectivity index (χ1) is 14.0. The summed E-state index contributed by atoms with van der Waals surface area (Å²) in [6.07, 6.45) is -2.29. The predicted molar refractivity (Wildman–Crippen MR) is 110 cm³/mol. The van der Waals surface area contributed by atoms with Gasteiger partial charge >= 0.3 is 6.18 Å². The lowest BCUT2D eigenvalue weighted by Gasteiger charge is -2.10. The van der Waals surface area contributed by atoms with Crippen LogP contribution in [-0.4, -0.2) is 43.8 Å². The minimum atomic E-state index is -4.39. The molecule has 160 valence electrons. The van der Waals surface area contributed by atoms with Gasteiger partial charge in [-0.25, -0.2) is 4.98 Å². The zero-order chi connectivity index (χ0) is 21.0. The summed E-state index contributed by atoms with van der Waals surface area (Å²) >= 11 is 1.02. The van der Waals surface area contributed by atoms with E-state index in [0.29, 0.717) is 50.2 Å². The van der Waals surface area contributed by atoms with E-state index in [1.54, 1.807) is 0 Å². The third kappa shape index (κ3) is 9.27. The van der Waals surface area contributed by atoms with Gasteiger partial charge in [0.05, 0.1) is 11.6 Å². The Morgan fingerprint density at radius 3 is 2.62 bits per heavy atom. The number of hydrogen-bond donors (Lipinski definition) is 2. The highest BCUT2D eigenvalue weighted by Crippen LogP contribution is 2.29. The van der Waals surface area contributed by atoms with Gasteiger partial charge in [-0.3, -0.25) is 4.99 Å². The molecule has 0 saturated carbocycles. The number of alkyl halides is 3. The third-order valence-corrected chi connectivity index (χ3v) is 4.82. The highest BCUT2D eigenvalue weighted by Gasteiger charge is 2.33. The van der Waals surface area contributed by atoms with Gasteiger partial charge in [-0.15, -0.1) is 11.3 Å². The second-order valence-corrected chi connectivity index (χ2v) is 7.21. The fraction of sp³-hybridized carbons (Fsp3) is 0.500. The molecule has 0 fully saturated rings. The van der Waals surface area contributed by atoms with Gasteiger partial charge in [0.15, 0.2) is 11.7 Å². The fourth-order valence-electron chi connectivity index (χ4n) is 2.48. The van der Waals surface area contributed by atoms with Crippen molar-refractivity contribution in [2.24, 2.45) is 4.99 Å². The Bertz CT molecular complexity index is 735. The molecule has 2 rings (SSSR count). The Morgan fingerprint density at radius 1 is 1.14 bits per heavy atom. The normalized spacial score (nSPS) is 12.2. The second kappa shape index (κ2) is 12.4. The van der Waals surface area contributed by atoms with Gasteiger partial charge in [-0.2, -0.15) is 13.2 Å². The Hall–Kier alpha value is -2.13. The van der Waals surface area contributed by atoms with Crippen molar-refractivity contribution >= 4 is 17.3 Å². The largest absolute Gasteiger partial charge is 0.434 e. The summed E-state index contributed by atoms with van der Waals surface area (Å²) in [5.74, 6) is 0.643. The van der Waals surface area contributed by atoms with Crippen molar-refractivity contribution in [1.82, 2.24) is 15.6 Å². The van der Waals surface area contributed by atoms with Crippen molar-refractivity contribution in [3.63, 3.8) is 0 Å². The van der Waals surface area contributed by atoms with Crippen LogP contribution in [0, 0.1) is 0 Å². The Kier molecular flexibility index (Phi) is 9.93. The summed E-state index contributed by atoms with van der Waals surface area (Å²) in [6.45, 7) is 5.05. The van der Waals surface area contributed by atoms with E-state index in [9.17, 15) is 13.2 Å². The molecule has 0 aliphatic heterocycles. The number of guanidine groups is 1. The van der Waals surface area contributed by atoms with Crippen molar-refractivity contribution in [3.05, 3.63) is 52.0 Å². The van der Waals surface area contributed by atoms with E-state index >= 15 is 0 Å². The van der Waals surface area contributed by atoms with Gasteiger partial charge in [-0.1, -0.05) is 30.3 Å². The minimum absolute atomic E-state index is 0.410. The Balaban J connectivity index is 1.62. The van der Waals surface area contributed by atoms with E-state index in [0.717, 1.165) is 29.6 Å². The highest BCUT2D eigenvalue weighted by atomic mass is 32.1. The zero-order valence-electron chi connectivity index (χ0n) is 16.5. The van der Waals surface area contributed by atoms with Crippen LogP contribution in [0.4, 0.5) is 13.2 Å². The van der Waals surface area contributed by atoms with E-state index in [-0.39, 0.29) is 0 Å². The summed E-state index contributed by atoms with van der Waals surface area (Å²) in [7, 11) is 0. The summed E-state index contributed by atoms with van der Waals surface area (Å²) in [6, 6.07) is 10.2. The monoisotopic (exact) mass is 428 g/mol. The van der Waals surface area contributed by atoms with Gasteiger partial charge in [0.1, 0.15) is 0 Å². The van der Waals surface area contributed by atoms with Crippen LogP contribution in [-0.2, 0) is 23.8 Å². The maximum atomic E-state index is 12.6. The number of benzene rings is 1. The Morgan fingerprint density at radius 2 is 1.93 bits per heavy atom. The predicted octanol–water partition coefficient (Wildman–Crippen LogP) is 3.91. The van der Waals surface area contributed by atoms with Crippen molar-refractivity contribution in [3.8, 4) is 0 Å². The third-order valence-electron chi connectivity index (χ3n) is 3.91. The van der Waals surface area contributed by atoms with E-state index in [2.05, 4.69) is 32.7 Å². The quantitative estimate of drug-likeness (QED) is 0.324. The number of nitrogens with one attached hydrogen (secondary N) is 2. The molecule has 0 spiro atoms. The molecule has 0 radical (unpaired) electrons. The average Bonchev–Trinajstić information content (AvgIpc) is 3.17. The lowest BCUT2D eigenvalue weighted by atomic mass is 10.2. The van der Waals surface area contributed by atoms with Gasteiger partial charge in [0.2, 0.25) is 0 Å². The molecule has 9 heteroatoms. The number of aliphatic imine (C=N–C) groups is 1. The van der Waals surface area contributed by atoms with Gasteiger partial charge in [0.25, 0.3) is 0 Å². The molecule has 1 aromatic heterocycles. The zero-order valence-corrected chi connectivity index (χ0v) is 17.3.